The van der Waals surface area contributed by atoms with Gasteiger partial charge in [0.15, 0.2) is 9.84 Å². The highest BCUT2D eigenvalue weighted by Crippen LogP contribution is 2.31. The summed E-state index contributed by atoms with van der Waals surface area (Å²) in [7, 11) is -7.86. The second kappa shape index (κ2) is 6.38. The van der Waals surface area contributed by atoms with Gasteiger partial charge in [-0.25, -0.2) is 8.42 Å². The second-order valence-corrected chi connectivity index (χ2v) is 9.57. The molecular formula is C16H17ClO5S2. The van der Waals surface area contributed by atoms with Gasteiger partial charge in [0.1, 0.15) is 10.6 Å². The van der Waals surface area contributed by atoms with Crippen LogP contribution in [0.15, 0.2) is 40.1 Å². The number of halogens is 1. The fraction of sp³-hybridized carbons (Fsp3) is 0.250. The predicted molar refractivity (Wildman–Crippen MR) is 93.0 cm³/mol. The van der Waals surface area contributed by atoms with Gasteiger partial charge in [0, 0.05) is 6.26 Å². The molecule has 2 aromatic rings. The van der Waals surface area contributed by atoms with Crippen LogP contribution < -0.4 is 4.18 Å². The molecule has 0 saturated heterocycles. The Bertz CT molecular complexity index is 986. The molecule has 130 valence electrons. The van der Waals surface area contributed by atoms with E-state index in [1.165, 1.54) is 12.1 Å². The molecule has 0 radical (unpaired) electrons. The maximum absolute atomic E-state index is 12.6. The zero-order valence-corrected chi connectivity index (χ0v) is 16.0. The molecule has 2 rings (SSSR count). The van der Waals surface area contributed by atoms with Crippen molar-refractivity contribution in [3.8, 4) is 5.75 Å². The van der Waals surface area contributed by atoms with Gasteiger partial charge in [0.2, 0.25) is 0 Å². The summed E-state index contributed by atoms with van der Waals surface area (Å²) < 4.78 is 53.7. The first-order valence-corrected chi connectivity index (χ1v) is 10.6. The third-order valence-electron chi connectivity index (χ3n) is 3.40. The fourth-order valence-corrected chi connectivity index (χ4v) is 4.63. The van der Waals surface area contributed by atoms with Crippen LogP contribution in [-0.2, 0) is 20.0 Å². The summed E-state index contributed by atoms with van der Waals surface area (Å²) in [6, 6.07) is 7.08. The summed E-state index contributed by atoms with van der Waals surface area (Å²) in [6.45, 7) is 5.36. The largest absolute Gasteiger partial charge is 0.378 e. The molecule has 0 bridgehead atoms. The normalized spacial score (nSPS) is 12.2. The Hall–Kier alpha value is -1.57. The Kier molecular flexibility index (Phi) is 4.99. The molecule has 0 aliphatic rings. The van der Waals surface area contributed by atoms with Crippen LogP contribution in [0.1, 0.15) is 16.7 Å². The molecule has 2 aromatic carbocycles. The molecule has 0 aliphatic carbocycles. The maximum Gasteiger partial charge on any atom is 0.340 e. The lowest BCUT2D eigenvalue weighted by molar-refractivity contribution is 0.482. The number of rotatable bonds is 4. The number of sulfone groups is 1. The zero-order chi connectivity index (χ0) is 18.3. The van der Waals surface area contributed by atoms with E-state index in [4.69, 9.17) is 15.8 Å². The minimum Gasteiger partial charge on any atom is -0.378 e. The van der Waals surface area contributed by atoms with E-state index in [1.807, 2.05) is 6.92 Å². The Labute approximate surface area is 147 Å². The van der Waals surface area contributed by atoms with Crippen LogP contribution in [0.4, 0.5) is 0 Å². The maximum atomic E-state index is 12.6. The van der Waals surface area contributed by atoms with Gasteiger partial charge in [-0.3, -0.25) is 0 Å². The molecule has 8 heteroatoms. The van der Waals surface area contributed by atoms with E-state index in [0.29, 0.717) is 11.1 Å². The minimum absolute atomic E-state index is 0.107. The standard InChI is InChI=1S/C16H17ClO5S2/c1-10-7-11(2)16(12(3)8-10)22-24(20,21)15-9-13(23(4,18)19)5-6-14(15)17/h5-9H,1-4H3. The third-order valence-corrected chi connectivity index (χ3v) is 6.21. The van der Waals surface area contributed by atoms with Gasteiger partial charge in [-0.2, -0.15) is 8.42 Å². The van der Waals surface area contributed by atoms with E-state index in [2.05, 4.69) is 0 Å². The van der Waals surface area contributed by atoms with Gasteiger partial charge >= 0.3 is 10.1 Å². The van der Waals surface area contributed by atoms with Crippen molar-refractivity contribution >= 4 is 31.6 Å². The van der Waals surface area contributed by atoms with Crippen molar-refractivity contribution in [2.75, 3.05) is 6.26 Å². The molecule has 0 saturated carbocycles. The average Bonchev–Trinajstić information content (AvgIpc) is 2.41. The summed E-state index contributed by atoms with van der Waals surface area (Å²) in [5, 5.41) is -0.107. The highest BCUT2D eigenvalue weighted by atomic mass is 35.5. The highest BCUT2D eigenvalue weighted by molar-refractivity contribution is 7.90. The monoisotopic (exact) mass is 388 g/mol. The van der Waals surface area contributed by atoms with E-state index in [-0.39, 0.29) is 20.6 Å². The molecule has 0 aromatic heterocycles. The zero-order valence-electron chi connectivity index (χ0n) is 13.6. The molecule has 0 N–H and O–H groups in total. The van der Waals surface area contributed by atoms with Crippen LogP contribution in [0.5, 0.6) is 5.75 Å². The summed E-state index contributed by atoms with van der Waals surface area (Å²) in [5.41, 5.74) is 2.30. The van der Waals surface area contributed by atoms with Crippen molar-refractivity contribution in [2.45, 2.75) is 30.6 Å². The van der Waals surface area contributed by atoms with Crippen LogP contribution in [0.25, 0.3) is 0 Å². The third kappa shape index (κ3) is 3.91. The van der Waals surface area contributed by atoms with Gasteiger partial charge in [0.25, 0.3) is 0 Å². The number of hydrogen-bond acceptors (Lipinski definition) is 5. The minimum atomic E-state index is -4.28. The van der Waals surface area contributed by atoms with Crippen LogP contribution in [0.2, 0.25) is 5.02 Å². The summed E-state index contributed by atoms with van der Waals surface area (Å²) in [4.78, 5) is -0.530. The van der Waals surface area contributed by atoms with Crippen molar-refractivity contribution in [3.63, 3.8) is 0 Å². The number of benzene rings is 2. The predicted octanol–water partition coefficient (Wildman–Crippen LogP) is 3.44. The second-order valence-electron chi connectivity index (χ2n) is 5.63. The summed E-state index contributed by atoms with van der Waals surface area (Å²) >= 11 is 5.95. The van der Waals surface area contributed by atoms with Gasteiger partial charge in [-0.15, -0.1) is 0 Å². The Morgan fingerprint density at radius 1 is 0.917 bits per heavy atom. The van der Waals surface area contributed by atoms with Crippen molar-refractivity contribution < 1.29 is 21.0 Å². The number of hydrogen-bond donors (Lipinski definition) is 0. The van der Waals surface area contributed by atoms with E-state index in [1.54, 1.807) is 26.0 Å². The lowest BCUT2D eigenvalue weighted by atomic mass is 10.1. The Morgan fingerprint density at radius 2 is 1.46 bits per heavy atom. The van der Waals surface area contributed by atoms with E-state index in [9.17, 15) is 16.8 Å². The van der Waals surface area contributed by atoms with Gasteiger partial charge in [0.05, 0.1) is 9.92 Å². The Morgan fingerprint density at radius 3 is 1.96 bits per heavy atom. The van der Waals surface area contributed by atoms with E-state index in [0.717, 1.165) is 17.9 Å². The first kappa shape index (κ1) is 18.8. The van der Waals surface area contributed by atoms with E-state index < -0.39 is 20.0 Å². The van der Waals surface area contributed by atoms with Crippen LogP contribution in [0, 0.1) is 20.8 Å². The topological polar surface area (TPSA) is 77.5 Å². The van der Waals surface area contributed by atoms with Crippen molar-refractivity contribution in [1.82, 2.24) is 0 Å². The fourth-order valence-electron chi connectivity index (χ4n) is 2.36. The quantitative estimate of drug-likeness (QED) is 0.750. The smallest absolute Gasteiger partial charge is 0.340 e. The molecule has 0 atom stereocenters. The summed E-state index contributed by atoms with van der Waals surface area (Å²) in [5.74, 6) is 0.210. The highest BCUT2D eigenvalue weighted by Gasteiger charge is 2.24. The van der Waals surface area contributed by atoms with Crippen LogP contribution in [0.3, 0.4) is 0 Å². The van der Waals surface area contributed by atoms with Crippen molar-refractivity contribution in [1.29, 1.82) is 0 Å². The molecule has 0 aliphatic heterocycles. The molecule has 5 nitrogen and oxygen atoms in total. The van der Waals surface area contributed by atoms with Crippen molar-refractivity contribution in [3.05, 3.63) is 52.0 Å². The molecule has 0 amide bonds. The SMILES string of the molecule is Cc1cc(C)c(OS(=O)(=O)c2cc(S(C)(=O)=O)ccc2Cl)c(C)c1. The lowest BCUT2D eigenvalue weighted by Gasteiger charge is -2.14. The first-order chi connectivity index (χ1) is 10.9. The Balaban J connectivity index is 2.57. The molecule has 0 fully saturated rings. The van der Waals surface area contributed by atoms with Gasteiger partial charge in [-0.05, 0) is 50.1 Å². The van der Waals surface area contributed by atoms with Gasteiger partial charge in [-0.1, -0.05) is 29.3 Å². The lowest BCUT2D eigenvalue weighted by Crippen LogP contribution is -2.13. The molecule has 0 spiro atoms. The molecular weight excluding hydrogens is 372 g/mol. The molecule has 24 heavy (non-hydrogen) atoms. The molecule has 0 unspecified atom stereocenters. The van der Waals surface area contributed by atoms with Crippen LogP contribution >= 0.6 is 11.6 Å². The molecule has 0 heterocycles. The van der Waals surface area contributed by atoms with E-state index >= 15 is 0 Å². The van der Waals surface area contributed by atoms with Crippen molar-refractivity contribution in [2.24, 2.45) is 0 Å². The average molecular weight is 389 g/mol. The van der Waals surface area contributed by atoms with Crippen LogP contribution in [-0.4, -0.2) is 23.1 Å². The van der Waals surface area contributed by atoms with Gasteiger partial charge < -0.3 is 4.18 Å². The first-order valence-electron chi connectivity index (χ1n) is 6.94. The number of aryl methyl sites for hydroxylation is 3. The summed E-state index contributed by atoms with van der Waals surface area (Å²) in [6.07, 6.45) is 0.988.